The van der Waals surface area contributed by atoms with Gasteiger partial charge in [-0.3, -0.25) is 4.79 Å². The molecule has 4 rings (SSSR count). The van der Waals surface area contributed by atoms with Crippen LogP contribution in [-0.4, -0.2) is 41.5 Å². The van der Waals surface area contributed by atoms with Gasteiger partial charge >= 0.3 is 0 Å². The molecule has 7 nitrogen and oxygen atoms in total. The van der Waals surface area contributed by atoms with Crippen LogP contribution in [0.25, 0.3) is 0 Å². The second-order valence-electron chi connectivity index (χ2n) is 7.56. The molecule has 3 heterocycles. The predicted molar refractivity (Wildman–Crippen MR) is 122 cm³/mol. The average Bonchev–Trinajstić information content (AvgIpc) is 3.34. The molecule has 0 radical (unpaired) electrons. The van der Waals surface area contributed by atoms with E-state index in [4.69, 9.17) is 11.6 Å². The molecule has 3 aromatic rings. The minimum absolute atomic E-state index is 0.148. The Morgan fingerprint density at radius 2 is 2.03 bits per heavy atom. The molecular formula is C21H23ClN4O3S2. The van der Waals surface area contributed by atoms with Crippen molar-refractivity contribution in [2.24, 2.45) is 5.92 Å². The summed E-state index contributed by atoms with van der Waals surface area (Å²) >= 11 is 6.94. The largest absolute Gasteiger partial charge is 0.311 e. The van der Waals surface area contributed by atoms with E-state index >= 15 is 0 Å². The maximum absolute atomic E-state index is 13.0. The fourth-order valence-electron chi connectivity index (χ4n) is 3.69. The van der Waals surface area contributed by atoms with Crippen LogP contribution >= 0.6 is 22.9 Å². The van der Waals surface area contributed by atoms with Gasteiger partial charge in [0.1, 0.15) is 10.0 Å². The van der Waals surface area contributed by atoms with Crippen LogP contribution in [0.4, 0.5) is 5.82 Å². The summed E-state index contributed by atoms with van der Waals surface area (Å²) < 4.78 is 29.6. The Morgan fingerprint density at radius 3 is 2.74 bits per heavy atom. The van der Waals surface area contributed by atoms with Crippen molar-refractivity contribution in [3.05, 3.63) is 64.1 Å². The number of amides is 1. The van der Waals surface area contributed by atoms with Crippen LogP contribution in [0, 0.1) is 12.8 Å². The monoisotopic (exact) mass is 478 g/mol. The number of benzene rings is 1. The lowest BCUT2D eigenvalue weighted by Gasteiger charge is -2.30. The number of anilines is 1. The summed E-state index contributed by atoms with van der Waals surface area (Å²) in [5, 5.41) is 7.44. The van der Waals surface area contributed by atoms with Crippen molar-refractivity contribution in [2.75, 3.05) is 18.4 Å². The predicted octanol–water partition coefficient (Wildman–Crippen LogP) is 3.99. The van der Waals surface area contributed by atoms with Crippen LogP contribution in [-0.2, 0) is 21.4 Å². The highest BCUT2D eigenvalue weighted by molar-refractivity contribution is 7.91. The summed E-state index contributed by atoms with van der Waals surface area (Å²) in [5.74, 6) is -0.0194. The summed E-state index contributed by atoms with van der Waals surface area (Å²) in [6, 6.07) is 14.8. The number of carbonyl (C=O) groups is 1. The van der Waals surface area contributed by atoms with Crippen molar-refractivity contribution in [3.63, 3.8) is 0 Å². The van der Waals surface area contributed by atoms with Gasteiger partial charge in [0, 0.05) is 19.2 Å². The standard InChI is InChI=1S/C21H23ClN4O3S2/c1-15-12-19(26(24-15)13-16-6-3-2-4-7-16)23-21(27)17-8-5-11-25(14-17)31(28,29)20-10-9-18(22)30-20/h2-4,6-7,9-10,12,17H,5,8,11,13-14H2,1H3,(H,23,27). The van der Waals surface area contributed by atoms with Gasteiger partial charge in [-0.05, 0) is 37.5 Å². The van der Waals surface area contributed by atoms with Crippen LogP contribution in [0.3, 0.4) is 0 Å². The second-order valence-corrected chi connectivity index (χ2v) is 11.4. The lowest BCUT2D eigenvalue weighted by Crippen LogP contribution is -2.43. The fraction of sp³-hybridized carbons (Fsp3) is 0.333. The first kappa shape index (κ1) is 22.0. The van der Waals surface area contributed by atoms with E-state index in [9.17, 15) is 13.2 Å². The van der Waals surface area contributed by atoms with Crippen molar-refractivity contribution in [2.45, 2.75) is 30.5 Å². The normalized spacial score (nSPS) is 17.5. The van der Waals surface area contributed by atoms with Crippen molar-refractivity contribution in [3.8, 4) is 0 Å². The molecule has 2 aromatic heterocycles. The number of rotatable bonds is 6. The molecule has 31 heavy (non-hydrogen) atoms. The molecule has 0 saturated carbocycles. The number of halogens is 1. The van der Waals surface area contributed by atoms with E-state index in [2.05, 4.69) is 10.4 Å². The highest BCUT2D eigenvalue weighted by Crippen LogP contribution is 2.31. The summed E-state index contributed by atoms with van der Waals surface area (Å²) in [6.07, 6.45) is 1.26. The Balaban J connectivity index is 1.47. The number of nitrogens with zero attached hydrogens (tertiary/aromatic N) is 3. The van der Waals surface area contributed by atoms with Gasteiger partial charge in [-0.15, -0.1) is 11.3 Å². The van der Waals surface area contributed by atoms with Gasteiger partial charge in [-0.2, -0.15) is 9.40 Å². The number of aromatic nitrogens is 2. The number of carbonyl (C=O) groups excluding carboxylic acids is 1. The Labute approximate surface area is 190 Å². The SMILES string of the molecule is Cc1cc(NC(=O)C2CCCN(S(=O)(=O)c3ccc(Cl)s3)C2)n(Cc2ccccc2)n1. The number of hydrogen-bond acceptors (Lipinski definition) is 5. The minimum Gasteiger partial charge on any atom is -0.311 e. The maximum Gasteiger partial charge on any atom is 0.252 e. The van der Waals surface area contributed by atoms with Gasteiger partial charge in [-0.25, -0.2) is 13.1 Å². The number of aryl methyl sites for hydroxylation is 1. The molecule has 164 valence electrons. The molecule has 10 heteroatoms. The zero-order chi connectivity index (χ0) is 22.0. The lowest BCUT2D eigenvalue weighted by molar-refractivity contribution is -0.120. The molecular weight excluding hydrogens is 456 g/mol. The van der Waals surface area contributed by atoms with Gasteiger partial charge in [-0.1, -0.05) is 41.9 Å². The summed E-state index contributed by atoms with van der Waals surface area (Å²) in [7, 11) is -3.66. The molecule has 1 aliphatic rings. The Kier molecular flexibility index (Phi) is 6.47. The van der Waals surface area contributed by atoms with Crippen LogP contribution in [0.5, 0.6) is 0 Å². The highest BCUT2D eigenvalue weighted by atomic mass is 35.5. The quantitative estimate of drug-likeness (QED) is 0.580. The molecule has 1 N–H and O–H groups in total. The Bertz CT molecular complexity index is 1170. The van der Waals surface area contributed by atoms with Gasteiger partial charge in [0.15, 0.2) is 0 Å². The van der Waals surface area contributed by atoms with Gasteiger partial charge in [0.05, 0.1) is 22.5 Å². The number of nitrogens with one attached hydrogen (secondary N) is 1. The molecule has 1 unspecified atom stereocenters. The number of thiophene rings is 1. The maximum atomic E-state index is 13.0. The molecule has 0 aliphatic carbocycles. The van der Waals surface area contributed by atoms with E-state index in [1.807, 2.05) is 43.3 Å². The second kappa shape index (κ2) is 9.12. The minimum atomic E-state index is -3.66. The highest BCUT2D eigenvalue weighted by Gasteiger charge is 2.34. The molecule has 1 aromatic carbocycles. The van der Waals surface area contributed by atoms with E-state index < -0.39 is 15.9 Å². The lowest BCUT2D eigenvalue weighted by atomic mass is 9.99. The molecule has 1 saturated heterocycles. The zero-order valence-electron chi connectivity index (χ0n) is 17.0. The van der Waals surface area contributed by atoms with Crippen LogP contribution < -0.4 is 5.32 Å². The third kappa shape index (κ3) is 5.01. The van der Waals surface area contributed by atoms with Crippen LogP contribution in [0.15, 0.2) is 52.7 Å². The zero-order valence-corrected chi connectivity index (χ0v) is 19.4. The van der Waals surface area contributed by atoms with Gasteiger partial charge in [0.2, 0.25) is 5.91 Å². The Hall–Kier alpha value is -2.20. The molecule has 1 aliphatic heterocycles. The first-order chi connectivity index (χ1) is 14.8. The Morgan fingerprint density at radius 1 is 1.26 bits per heavy atom. The van der Waals surface area contributed by atoms with Crippen molar-refractivity contribution in [1.29, 1.82) is 0 Å². The molecule has 0 bridgehead atoms. The summed E-state index contributed by atoms with van der Waals surface area (Å²) in [4.78, 5) is 13.0. The van der Waals surface area contributed by atoms with E-state index in [1.165, 1.54) is 10.4 Å². The van der Waals surface area contributed by atoms with Crippen molar-refractivity contribution >= 4 is 44.7 Å². The number of piperidine rings is 1. The van der Waals surface area contributed by atoms with Crippen LogP contribution in [0.2, 0.25) is 4.34 Å². The number of sulfonamides is 1. The summed E-state index contributed by atoms with van der Waals surface area (Å²) in [5.41, 5.74) is 1.87. The smallest absolute Gasteiger partial charge is 0.252 e. The number of hydrogen-bond donors (Lipinski definition) is 1. The first-order valence-corrected chi connectivity index (χ1v) is 12.6. The molecule has 0 spiro atoms. The van der Waals surface area contributed by atoms with E-state index in [1.54, 1.807) is 10.7 Å². The fourth-order valence-corrected chi connectivity index (χ4v) is 6.85. The average molecular weight is 479 g/mol. The molecule has 1 atom stereocenters. The third-order valence-electron chi connectivity index (χ3n) is 5.23. The van der Waals surface area contributed by atoms with Crippen LogP contribution in [0.1, 0.15) is 24.1 Å². The first-order valence-electron chi connectivity index (χ1n) is 9.97. The van der Waals surface area contributed by atoms with Gasteiger partial charge < -0.3 is 5.32 Å². The summed E-state index contributed by atoms with van der Waals surface area (Å²) in [6.45, 7) is 2.95. The van der Waals surface area contributed by atoms with E-state index in [0.29, 0.717) is 36.1 Å². The van der Waals surface area contributed by atoms with E-state index in [-0.39, 0.29) is 16.7 Å². The third-order valence-corrected chi connectivity index (χ3v) is 8.79. The van der Waals surface area contributed by atoms with Crippen molar-refractivity contribution in [1.82, 2.24) is 14.1 Å². The molecule has 1 fully saturated rings. The molecule has 1 amide bonds. The van der Waals surface area contributed by atoms with Crippen molar-refractivity contribution < 1.29 is 13.2 Å². The van der Waals surface area contributed by atoms with E-state index in [0.717, 1.165) is 22.6 Å². The topological polar surface area (TPSA) is 84.3 Å². The van der Waals surface area contributed by atoms with Gasteiger partial charge in [0.25, 0.3) is 10.0 Å².